The molecule has 252 valence electrons. The second kappa shape index (κ2) is 13.6. The molecule has 1 aromatic heterocycles. The summed E-state index contributed by atoms with van der Waals surface area (Å²) in [6, 6.07) is 0. The number of carbonyl (C=O) groups is 2. The normalized spacial score (nSPS) is 38.4. The molecule has 0 amide bonds. The number of nitrogens with zero attached hydrogens (tertiary/aromatic N) is 1. The van der Waals surface area contributed by atoms with Crippen LogP contribution in [0.3, 0.4) is 0 Å². The number of aliphatic hydroxyl groups excluding tert-OH is 1. The highest BCUT2D eigenvalue weighted by atomic mass is 16.6. The smallest absolute Gasteiger partial charge is 0.338 e. The number of aliphatic hydroxyl groups is 1. The number of oxazole rings is 1. The number of aryl methyl sites for hydroxylation is 1. The van der Waals surface area contributed by atoms with E-state index in [1.165, 1.54) is 0 Å². The second-order valence-corrected chi connectivity index (χ2v) is 14.2. The molecular formula is C36H49NO9. The molecule has 5 rings (SSSR count). The molecule has 1 N–H and O–H groups in total. The number of fused-ring (bicyclic) bond motifs is 4. The highest BCUT2D eigenvalue weighted by Gasteiger charge is 2.58. The van der Waals surface area contributed by atoms with Crippen molar-refractivity contribution >= 4 is 18.0 Å². The van der Waals surface area contributed by atoms with Crippen molar-refractivity contribution in [3.8, 4) is 0 Å². The molecule has 11 atom stereocenters. The van der Waals surface area contributed by atoms with Crippen LogP contribution in [0.5, 0.6) is 0 Å². The Morgan fingerprint density at radius 2 is 1.89 bits per heavy atom. The Kier molecular flexibility index (Phi) is 10.1. The molecule has 0 saturated carbocycles. The molecule has 5 heterocycles. The molecule has 3 fully saturated rings. The summed E-state index contributed by atoms with van der Waals surface area (Å²) in [5.41, 5.74) is 1.50. The first-order valence-electron chi connectivity index (χ1n) is 16.3. The maximum absolute atomic E-state index is 13.5. The van der Waals surface area contributed by atoms with E-state index in [1.54, 1.807) is 20.3 Å². The number of rotatable bonds is 7. The summed E-state index contributed by atoms with van der Waals surface area (Å²) < 4.78 is 34.9. The first-order chi connectivity index (χ1) is 21.7. The predicted molar refractivity (Wildman–Crippen MR) is 170 cm³/mol. The van der Waals surface area contributed by atoms with Crippen molar-refractivity contribution in [3.63, 3.8) is 0 Å². The molecule has 1 unspecified atom stereocenters. The Morgan fingerprint density at radius 1 is 1.15 bits per heavy atom. The van der Waals surface area contributed by atoms with E-state index in [9.17, 15) is 14.7 Å². The third-order valence-corrected chi connectivity index (χ3v) is 10.0. The van der Waals surface area contributed by atoms with Crippen molar-refractivity contribution in [1.82, 2.24) is 4.98 Å². The Balaban J connectivity index is 1.34. The SMILES string of the molecule is CO[C@@H](C(C)=CC=CC(C)=Cc1coc(C)n1)[C@@H](C)[C@@H]1C[C@H](O)[C@]2(C)O[C@@H]2C=C[C@@H](C)[C@H]2C[C@](C)(CC(=O)O2)C[C@H]2OC2C(=O)O1. The number of esters is 2. The van der Waals surface area contributed by atoms with Gasteiger partial charge in [0.25, 0.3) is 0 Å². The highest BCUT2D eigenvalue weighted by Crippen LogP contribution is 2.47. The Hall–Kier alpha value is -3.05. The van der Waals surface area contributed by atoms with Gasteiger partial charge in [0.1, 0.15) is 35.9 Å². The van der Waals surface area contributed by atoms with Crippen LogP contribution in [0.1, 0.15) is 78.8 Å². The van der Waals surface area contributed by atoms with E-state index in [4.69, 9.17) is 28.1 Å². The quantitative estimate of drug-likeness (QED) is 0.178. The van der Waals surface area contributed by atoms with Crippen molar-refractivity contribution < 1.29 is 42.8 Å². The minimum atomic E-state index is -0.910. The van der Waals surface area contributed by atoms with Gasteiger partial charge in [-0.1, -0.05) is 51.2 Å². The number of allylic oxidation sites excluding steroid dienone is 4. The molecule has 0 aliphatic carbocycles. The fraction of sp³-hybridized carbons (Fsp3) is 0.639. The summed E-state index contributed by atoms with van der Waals surface area (Å²) >= 11 is 0. The number of cyclic esters (lactones) is 1. The molecule has 46 heavy (non-hydrogen) atoms. The van der Waals surface area contributed by atoms with Crippen LogP contribution in [0, 0.1) is 24.2 Å². The molecule has 0 spiro atoms. The summed E-state index contributed by atoms with van der Waals surface area (Å²) in [5, 5.41) is 11.4. The fourth-order valence-electron chi connectivity index (χ4n) is 6.96. The van der Waals surface area contributed by atoms with Gasteiger partial charge >= 0.3 is 11.9 Å². The molecule has 10 nitrogen and oxygen atoms in total. The predicted octanol–water partition coefficient (Wildman–Crippen LogP) is 5.44. The molecule has 0 aromatic carbocycles. The lowest BCUT2D eigenvalue weighted by Gasteiger charge is -2.39. The van der Waals surface area contributed by atoms with E-state index in [0.29, 0.717) is 18.7 Å². The maximum Gasteiger partial charge on any atom is 0.338 e. The monoisotopic (exact) mass is 639 g/mol. The molecule has 4 aliphatic heterocycles. The minimum absolute atomic E-state index is 0.0344. The van der Waals surface area contributed by atoms with Crippen LogP contribution in [0.4, 0.5) is 0 Å². The second-order valence-electron chi connectivity index (χ2n) is 14.2. The van der Waals surface area contributed by atoms with Crippen LogP contribution in [0.15, 0.2) is 52.2 Å². The lowest BCUT2D eigenvalue weighted by molar-refractivity contribution is -0.164. The molecule has 10 heteroatoms. The van der Waals surface area contributed by atoms with E-state index >= 15 is 0 Å². The molecule has 1 aromatic rings. The van der Waals surface area contributed by atoms with Crippen LogP contribution in [0.25, 0.3) is 6.08 Å². The molecule has 2 bridgehead atoms. The van der Waals surface area contributed by atoms with Crippen molar-refractivity contribution in [3.05, 3.63) is 59.4 Å². The summed E-state index contributed by atoms with van der Waals surface area (Å²) in [6.45, 7) is 13.7. The third kappa shape index (κ3) is 7.90. The van der Waals surface area contributed by atoms with E-state index in [0.717, 1.165) is 16.8 Å². The summed E-state index contributed by atoms with van der Waals surface area (Å²) in [5.74, 6) is -0.431. The largest absolute Gasteiger partial charge is 0.462 e. The molecule has 0 radical (unpaired) electrons. The van der Waals surface area contributed by atoms with Gasteiger partial charge in [-0.25, -0.2) is 9.78 Å². The Bertz CT molecular complexity index is 1410. The lowest BCUT2D eigenvalue weighted by atomic mass is 9.73. The van der Waals surface area contributed by atoms with Gasteiger partial charge in [0.05, 0.1) is 24.7 Å². The summed E-state index contributed by atoms with van der Waals surface area (Å²) in [7, 11) is 1.63. The van der Waals surface area contributed by atoms with Gasteiger partial charge < -0.3 is 33.2 Å². The van der Waals surface area contributed by atoms with Crippen LogP contribution < -0.4 is 0 Å². The topological polar surface area (TPSA) is 133 Å². The molecular weight excluding hydrogens is 590 g/mol. The number of methoxy groups -OCH3 is 1. The minimum Gasteiger partial charge on any atom is -0.462 e. The average Bonchev–Trinajstić information content (AvgIpc) is 3.85. The lowest BCUT2D eigenvalue weighted by Crippen LogP contribution is -2.42. The highest BCUT2D eigenvalue weighted by molar-refractivity contribution is 5.78. The first kappa shape index (κ1) is 34.3. The zero-order chi connectivity index (χ0) is 33.4. The Labute approximate surface area is 271 Å². The standard InChI is InChI=1S/C36H49NO9/c1-20(14-25-19-42-24(5)37-25)10-9-11-22(3)32(41-8)23(4)26-15-29(38)36(7)30(46-36)13-12-21(2)27-16-35(6,18-31(39)43-27)17-28-33(44-28)34(40)45-26/h9-14,19,21,23,26-30,32-33,38H,15-18H2,1-8H3/t21-,23+,26+,27-,28-,29+,30-,32+,33?,35+,36+/m1/s1. The van der Waals surface area contributed by atoms with Crippen molar-refractivity contribution in [1.29, 1.82) is 0 Å². The molecule has 3 saturated heterocycles. The van der Waals surface area contributed by atoms with Crippen molar-refractivity contribution in [2.24, 2.45) is 17.3 Å². The van der Waals surface area contributed by atoms with E-state index in [-0.39, 0.29) is 54.4 Å². The number of hydrogen-bond acceptors (Lipinski definition) is 10. The van der Waals surface area contributed by atoms with Gasteiger partial charge in [-0.15, -0.1) is 0 Å². The van der Waals surface area contributed by atoms with E-state index < -0.39 is 36.0 Å². The molecule has 4 aliphatic rings. The number of ether oxygens (including phenoxy) is 5. The van der Waals surface area contributed by atoms with Crippen LogP contribution in [-0.4, -0.2) is 77.5 Å². The number of epoxide rings is 2. The van der Waals surface area contributed by atoms with Gasteiger partial charge in [0.2, 0.25) is 0 Å². The van der Waals surface area contributed by atoms with Crippen molar-refractivity contribution in [2.75, 3.05) is 7.11 Å². The van der Waals surface area contributed by atoms with E-state index in [2.05, 4.69) is 11.9 Å². The summed E-state index contributed by atoms with van der Waals surface area (Å²) in [4.78, 5) is 30.4. The first-order valence-corrected chi connectivity index (χ1v) is 16.3. The number of aromatic nitrogens is 1. The van der Waals surface area contributed by atoms with Crippen molar-refractivity contribution in [2.45, 2.75) is 122 Å². The van der Waals surface area contributed by atoms with Gasteiger partial charge in [-0.3, -0.25) is 4.79 Å². The van der Waals surface area contributed by atoms with E-state index in [1.807, 2.05) is 71.1 Å². The van der Waals surface area contributed by atoms with Gasteiger partial charge in [0.15, 0.2) is 12.0 Å². The van der Waals surface area contributed by atoms with Gasteiger partial charge in [-0.2, -0.15) is 0 Å². The van der Waals surface area contributed by atoms with Crippen LogP contribution in [0.2, 0.25) is 0 Å². The number of hydrogen-bond donors (Lipinski definition) is 1. The van der Waals surface area contributed by atoms with Gasteiger partial charge in [-0.05, 0) is 56.3 Å². The fourth-order valence-corrected chi connectivity index (χ4v) is 6.96. The average molecular weight is 640 g/mol. The number of carbonyl (C=O) groups excluding carboxylic acids is 2. The zero-order valence-corrected chi connectivity index (χ0v) is 28.2. The zero-order valence-electron chi connectivity index (χ0n) is 28.2. The summed E-state index contributed by atoms with van der Waals surface area (Å²) in [6.07, 6.45) is 11.4. The maximum atomic E-state index is 13.5. The van der Waals surface area contributed by atoms with Crippen LogP contribution >= 0.6 is 0 Å². The van der Waals surface area contributed by atoms with Gasteiger partial charge in [0, 0.05) is 32.3 Å². The third-order valence-electron chi connectivity index (χ3n) is 10.0. The van der Waals surface area contributed by atoms with Crippen LogP contribution in [-0.2, 0) is 33.3 Å². The Morgan fingerprint density at radius 3 is 2.59 bits per heavy atom.